The lowest BCUT2D eigenvalue weighted by Gasteiger charge is -2.24. The van der Waals surface area contributed by atoms with Gasteiger partial charge in [0.15, 0.2) is 23.0 Å². The number of benzene rings is 4. The van der Waals surface area contributed by atoms with Crippen molar-refractivity contribution in [2.24, 2.45) is 34.4 Å². The molecule has 0 radical (unpaired) electrons. The molecule has 8 amide bonds. The maximum absolute atomic E-state index is 14.7. The predicted octanol–water partition coefficient (Wildman–Crippen LogP) is 2.85. The molecule has 0 fully saturated rings. The van der Waals surface area contributed by atoms with E-state index < -0.39 is 71.4 Å². The molecule has 4 aromatic carbocycles. The fourth-order valence-corrected chi connectivity index (χ4v) is 9.56. The lowest BCUT2D eigenvalue weighted by Crippen LogP contribution is -2.45. The Balaban J connectivity index is 1.69. The molecule has 4 aromatic rings. The van der Waals surface area contributed by atoms with Crippen molar-refractivity contribution in [1.29, 1.82) is 0 Å². The Morgan fingerprint density at radius 2 is 0.596 bits per heavy atom. The standard InChI is InChI=1S/C60H87N13O16/c1-82-41-25-21-34(49(86-5)45(41)53(66)74)68-55(76)38(18-10-14-30-62)71-59(80)47-43(84-3)27-23-36(51(47)88-7)70-57(78)40(20-12-16-32-64)73-60(81)48-44(85-4)28-24-37(52(48)89-8)69-56(77)39(19-11-15-31-63)72-58(79)46-42(83-2)26-22-35(50(46)87-6)67-54(75)33(65)17-9-13-29-61/h21-28,33,38-40H,9-20,29-32,61-65H2,1-8H3,(H2,66,74)(H,67,75)(H,68,76)(H,69,77)(H,70,78)(H,71,80)(H,72,79)(H,73,81)/t33-,38-,39-,40-/m1/s1. The van der Waals surface area contributed by atoms with Gasteiger partial charge < -0.3 is 110 Å². The molecule has 0 saturated carbocycles. The molecule has 0 aromatic heterocycles. The first-order valence-electron chi connectivity index (χ1n) is 28.8. The van der Waals surface area contributed by atoms with Crippen LogP contribution in [0.4, 0.5) is 22.7 Å². The van der Waals surface area contributed by atoms with Crippen LogP contribution in [0.1, 0.15) is 118 Å². The first-order chi connectivity index (χ1) is 42.8. The highest BCUT2D eigenvalue weighted by atomic mass is 16.5. The number of hydrogen-bond donors (Lipinski definition) is 13. The minimum atomic E-state index is -1.31. The van der Waals surface area contributed by atoms with Crippen LogP contribution in [0.2, 0.25) is 0 Å². The number of anilines is 4. The normalized spacial score (nSPS) is 12.1. The highest BCUT2D eigenvalue weighted by molar-refractivity contribution is 6.11. The molecule has 488 valence electrons. The lowest BCUT2D eigenvalue weighted by molar-refractivity contribution is -0.118. The first-order valence-corrected chi connectivity index (χ1v) is 28.8. The van der Waals surface area contributed by atoms with Crippen molar-refractivity contribution in [3.63, 3.8) is 0 Å². The zero-order valence-electron chi connectivity index (χ0n) is 51.7. The van der Waals surface area contributed by atoms with Gasteiger partial charge in [0.25, 0.3) is 23.6 Å². The van der Waals surface area contributed by atoms with E-state index in [0.29, 0.717) is 70.9 Å². The summed E-state index contributed by atoms with van der Waals surface area (Å²) < 4.78 is 44.7. The Kier molecular flexibility index (Phi) is 30.0. The van der Waals surface area contributed by atoms with Crippen LogP contribution in [0.3, 0.4) is 0 Å². The Morgan fingerprint density at radius 1 is 0.348 bits per heavy atom. The number of hydrogen-bond acceptors (Lipinski definition) is 21. The molecule has 29 nitrogen and oxygen atoms in total. The molecule has 4 rings (SSSR count). The van der Waals surface area contributed by atoms with Gasteiger partial charge in [-0.1, -0.05) is 6.42 Å². The van der Waals surface area contributed by atoms with Gasteiger partial charge in [0, 0.05) is 0 Å². The molecule has 0 aliphatic carbocycles. The maximum Gasteiger partial charge on any atom is 0.259 e. The third kappa shape index (κ3) is 19.4. The van der Waals surface area contributed by atoms with E-state index in [1.54, 1.807) is 0 Å². The minimum Gasteiger partial charge on any atom is -0.496 e. The quantitative estimate of drug-likeness (QED) is 0.0286. The second kappa shape index (κ2) is 36.9. The van der Waals surface area contributed by atoms with Crippen molar-refractivity contribution in [3.8, 4) is 46.0 Å². The summed E-state index contributed by atoms with van der Waals surface area (Å²) in [5.74, 6) is -6.54. The summed E-state index contributed by atoms with van der Waals surface area (Å²) >= 11 is 0. The molecule has 0 spiro atoms. The van der Waals surface area contributed by atoms with E-state index in [2.05, 4.69) is 37.2 Å². The molecule has 89 heavy (non-hydrogen) atoms. The first kappa shape index (κ1) is 72.3. The van der Waals surface area contributed by atoms with Crippen LogP contribution in [-0.2, 0) is 19.2 Å². The van der Waals surface area contributed by atoms with Crippen LogP contribution in [0.5, 0.6) is 46.0 Å². The summed E-state index contributed by atoms with van der Waals surface area (Å²) in [7, 11) is 10.4. The number of amides is 8. The smallest absolute Gasteiger partial charge is 0.259 e. The number of rotatable bonds is 39. The van der Waals surface area contributed by atoms with Crippen LogP contribution in [0.25, 0.3) is 0 Å². The lowest BCUT2D eigenvalue weighted by atomic mass is 10.0. The molecule has 0 aliphatic heterocycles. The van der Waals surface area contributed by atoms with Crippen molar-refractivity contribution in [3.05, 3.63) is 70.8 Å². The fraction of sp³-hybridized carbons (Fsp3) is 0.467. The predicted molar refractivity (Wildman–Crippen MR) is 335 cm³/mol. The van der Waals surface area contributed by atoms with Gasteiger partial charge in [0.2, 0.25) is 23.6 Å². The molecule has 29 heteroatoms. The van der Waals surface area contributed by atoms with E-state index >= 15 is 0 Å². The van der Waals surface area contributed by atoms with Crippen molar-refractivity contribution in [2.75, 3.05) is 104 Å². The van der Waals surface area contributed by atoms with E-state index in [1.807, 2.05) is 0 Å². The van der Waals surface area contributed by atoms with E-state index in [1.165, 1.54) is 105 Å². The van der Waals surface area contributed by atoms with Crippen molar-refractivity contribution in [1.82, 2.24) is 16.0 Å². The Morgan fingerprint density at radius 3 is 0.843 bits per heavy atom. The zero-order chi connectivity index (χ0) is 65.7. The Labute approximate surface area is 517 Å². The summed E-state index contributed by atoms with van der Waals surface area (Å²) in [6.07, 6.45) is 4.46. The number of ether oxygens (including phenoxy) is 8. The van der Waals surface area contributed by atoms with Crippen molar-refractivity contribution < 1.29 is 76.3 Å². The maximum atomic E-state index is 14.7. The molecule has 0 saturated heterocycles. The molecule has 0 unspecified atom stereocenters. The van der Waals surface area contributed by atoms with Gasteiger partial charge in [-0.05, 0) is 145 Å². The third-order valence-corrected chi connectivity index (χ3v) is 14.1. The van der Waals surface area contributed by atoms with Gasteiger partial charge in [-0.2, -0.15) is 0 Å². The summed E-state index contributed by atoms with van der Waals surface area (Å²) in [6, 6.07) is 6.75. The van der Waals surface area contributed by atoms with E-state index in [0.717, 1.165) is 0 Å². The van der Waals surface area contributed by atoms with Gasteiger partial charge in [0.05, 0.1) is 85.7 Å². The summed E-state index contributed by atoms with van der Waals surface area (Å²) in [5, 5.41) is 19.3. The molecule has 19 N–H and O–H groups in total. The summed E-state index contributed by atoms with van der Waals surface area (Å²) in [6.45, 7) is 1.28. The topological polar surface area (TPSA) is 451 Å². The second-order valence-corrected chi connectivity index (χ2v) is 20.0. The van der Waals surface area contributed by atoms with Gasteiger partial charge in [-0.25, -0.2) is 0 Å². The fourth-order valence-electron chi connectivity index (χ4n) is 9.56. The van der Waals surface area contributed by atoms with Crippen LogP contribution in [0, 0.1) is 0 Å². The average molecular weight is 1250 g/mol. The number of carbonyl (C=O) groups is 8. The largest absolute Gasteiger partial charge is 0.496 e. The molecule has 0 aliphatic rings. The molecule has 0 heterocycles. The van der Waals surface area contributed by atoms with Crippen molar-refractivity contribution >= 4 is 70.0 Å². The zero-order valence-corrected chi connectivity index (χ0v) is 51.7. The van der Waals surface area contributed by atoms with Crippen LogP contribution < -0.4 is 110 Å². The number of nitrogens with two attached hydrogens (primary N) is 6. The Hall–Kier alpha value is -9.16. The van der Waals surface area contributed by atoms with Crippen molar-refractivity contribution in [2.45, 2.75) is 101 Å². The van der Waals surface area contributed by atoms with Crippen LogP contribution in [-0.4, -0.2) is 154 Å². The molecule has 4 atom stereocenters. The highest BCUT2D eigenvalue weighted by Gasteiger charge is 2.34. The molecule has 0 bridgehead atoms. The second-order valence-electron chi connectivity index (χ2n) is 20.0. The van der Waals surface area contributed by atoms with Gasteiger partial charge in [-0.15, -0.1) is 0 Å². The third-order valence-electron chi connectivity index (χ3n) is 14.1. The van der Waals surface area contributed by atoms with E-state index in [-0.39, 0.29) is 123 Å². The number of primary amides is 1. The number of nitrogens with one attached hydrogen (secondary N) is 7. The van der Waals surface area contributed by atoms with Gasteiger partial charge >= 0.3 is 0 Å². The average Bonchev–Trinajstić information content (AvgIpc) is 1.25. The van der Waals surface area contributed by atoms with Gasteiger partial charge in [0.1, 0.15) is 63.4 Å². The molecular weight excluding hydrogens is 1160 g/mol. The SMILES string of the molecule is COc1ccc(NC(=O)[C@@H](CCCCN)NC(=O)c2c(OC)ccc(NC(=O)[C@@H](CCCCN)NC(=O)c3c(OC)ccc(NC(=O)[C@@H](CCCCN)NC(=O)c4c(OC)ccc(NC(=O)[C@H](N)CCCCN)c4OC)c3OC)c2OC)c(OC)c1C(N)=O. The number of carbonyl (C=O) groups excluding carboxylic acids is 8. The Bertz CT molecular complexity index is 3090. The summed E-state index contributed by atoms with van der Waals surface area (Å²) in [5.41, 5.74) is 34.3. The van der Waals surface area contributed by atoms with Gasteiger partial charge in [-0.3, -0.25) is 38.4 Å². The highest BCUT2D eigenvalue weighted by Crippen LogP contribution is 2.40. The summed E-state index contributed by atoms with van der Waals surface area (Å²) in [4.78, 5) is 112. The molecular formula is C60H87N13O16. The minimum absolute atomic E-state index is 0.00607. The monoisotopic (exact) mass is 1250 g/mol. The van der Waals surface area contributed by atoms with E-state index in [4.69, 9.17) is 72.3 Å². The van der Waals surface area contributed by atoms with Crippen LogP contribution >= 0.6 is 0 Å². The number of unbranched alkanes of at least 4 members (excludes halogenated alkanes) is 4. The van der Waals surface area contributed by atoms with E-state index in [9.17, 15) is 38.4 Å². The number of methoxy groups -OCH3 is 8. The van der Waals surface area contributed by atoms with Crippen LogP contribution in [0.15, 0.2) is 48.5 Å².